The van der Waals surface area contributed by atoms with E-state index in [9.17, 15) is 9.59 Å². The number of nitrogens with one attached hydrogen (secondary N) is 1. The van der Waals surface area contributed by atoms with E-state index >= 15 is 0 Å². The van der Waals surface area contributed by atoms with Crippen molar-refractivity contribution in [2.24, 2.45) is 0 Å². The first-order chi connectivity index (χ1) is 11.7. The number of hydrogen-bond acceptors (Lipinski definition) is 4. The molecule has 1 atom stereocenters. The summed E-state index contributed by atoms with van der Waals surface area (Å²) >= 11 is 0. The maximum Gasteiger partial charge on any atom is 0.335 e. The van der Waals surface area contributed by atoms with Crippen LogP contribution in [0.4, 0.5) is 5.69 Å². The number of fused-ring (bicyclic) bond motifs is 1. The Morgan fingerprint density at radius 1 is 1.20 bits per heavy atom. The van der Waals surface area contributed by atoms with Gasteiger partial charge in [-0.25, -0.2) is 4.79 Å². The van der Waals surface area contributed by atoms with Crippen LogP contribution in [0.3, 0.4) is 0 Å². The van der Waals surface area contributed by atoms with E-state index in [1.807, 2.05) is 13.8 Å². The molecular weight excluding hydrogens is 320 g/mol. The fourth-order valence-corrected chi connectivity index (χ4v) is 3.04. The van der Waals surface area contributed by atoms with E-state index in [1.54, 1.807) is 30.3 Å². The first kappa shape index (κ1) is 16.8. The Labute approximate surface area is 145 Å². The lowest BCUT2D eigenvalue weighted by Crippen LogP contribution is -2.41. The molecule has 1 aliphatic rings. The van der Waals surface area contributed by atoms with E-state index < -0.39 is 11.6 Å². The lowest BCUT2D eigenvalue weighted by Gasteiger charge is -2.38. The van der Waals surface area contributed by atoms with E-state index in [4.69, 9.17) is 15.6 Å². The quantitative estimate of drug-likeness (QED) is 0.746. The average Bonchev–Trinajstić information content (AvgIpc) is 2.55. The fraction of sp³-hybridized carbons (Fsp3) is 0.263. The van der Waals surface area contributed by atoms with Crippen molar-refractivity contribution >= 4 is 17.6 Å². The van der Waals surface area contributed by atoms with E-state index in [-0.39, 0.29) is 17.5 Å². The van der Waals surface area contributed by atoms with E-state index in [0.717, 1.165) is 5.56 Å². The number of hydrogen-bond donors (Lipinski definition) is 3. The number of benzene rings is 2. The molecule has 130 valence electrons. The van der Waals surface area contributed by atoms with Crippen LogP contribution in [-0.4, -0.2) is 22.6 Å². The molecule has 0 spiro atoms. The third kappa shape index (κ3) is 3.57. The van der Waals surface area contributed by atoms with Gasteiger partial charge in [0.25, 0.3) is 5.91 Å². The summed E-state index contributed by atoms with van der Waals surface area (Å²) in [5.74, 6) is -0.714. The molecule has 4 N–H and O–H groups in total. The van der Waals surface area contributed by atoms with Crippen LogP contribution in [0.25, 0.3) is 0 Å². The summed E-state index contributed by atoms with van der Waals surface area (Å²) in [6.07, 6.45) is 0.577. The van der Waals surface area contributed by atoms with E-state index in [0.29, 0.717) is 23.4 Å². The zero-order valence-electron chi connectivity index (χ0n) is 14.1. The minimum Gasteiger partial charge on any atom is -0.487 e. The predicted octanol–water partition coefficient (Wildman–Crippen LogP) is 3.00. The van der Waals surface area contributed by atoms with Crippen molar-refractivity contribution < 1.29 is 19.4 Å². The van der Waals surface area contributed by atoms with Gasteiger partial charge in [0.15, 0.2) is 0 Å². The van der Waals surface area contributed by atoms with Crippen LogP contribution in [-0.2, 0) is 0 Å². The van der Waals surface area contributed by atoms with Gasteiger partial charge >= 0.3 is 5.97 Å². The maximum atomic E-state index is 12.6. The monoisotopic (exact) mass is 340 g/mol. The molecule has 1 heterocycles. The molecule has 2 aromatic carbocycles. The molecule has 0 saturated heterocycles. The summed E-state index contributed by atoms with van der Waals surface area (Å²) in [5, 5.41) is 12.1. The number of amides is 1. The van der Waals surface area contributed by atoms with Gasteiger partial charge in [-0.1, -0.05) is 6.07 Å². The highest BCUT2D eigenvalue weighted by atomic mass is 16.5. The van der Waals surface area contributed by atoms with Crippen LogP contribution in [0.2, 0.25) is 0 Å². The molecular formula is C19H20N2O4. The number of aromatic carboxylic acids is 1. The summed E-state index contributed by atoms with van der Waals surface area (Å²) in [5.41, 5.74) is 7.22. The van der Waals surface area contributed by atoms with Crippen molar-refractivity contribution in [1.82, 2.24) is 5.32 Å². The van der Waals surface area contributed by atoms with Gasteiger partial charge < -0.3 is 20.9 Å². The molecule has 25 heavy (non-hydrogen) atoms. The molecule has 0 radical (unpaired) electrons. The minimum atomic E-state index is -1.07. The average molecular weight is 340 g/mol. The highest BCUT2D eigenvalue weighted by Crippen LogP contribution is 2.40. The smallest absolute Gasteiger partial charge is 0.335 e. The van der Waals surface area contributed by atoms with Gasteiger partial charge in [0.2, 0.25) is 0 Å². The number of rotatable bonds is 3. The summed E-state index contributed by atoms with van der Waals surface area (Å²) in [6, 6.07) is 11.0. The second kappa shape index (κ2) is 6.12. The molecule has 6 nitrogen and oxygen atoms in total. The molecule has 0 saturated carbocycles. The van der Waals surface area contributed by atoms with Gasteiger partial charge in [0.05, 0.1) is 11.6 Å². The summed E-state index contributed by atoms with van der Waals surface area (Å²) in [4.78, 5) is 23.7. The largest absolute Gasteiger partial charge is 0.487 e. The summed E-state index contributed by atoms with van der Waals surface area (Å²) in [7, 11) is 0. The number of ether oxygens (including phenoxy) is 1. The Hall–Kier alpha value is -3.02. The molecule has 2 aromatic rings. The highest BCUT2D eigenvalue weighted by molar-refractivity contribution is 5.97. The van der Waals surface area contributed by atoms with Crippen molar-refractivity contribution in [3.8, 4) is 5.75 Å². The molecule has 1 unspecified atom stereocenters. The number of nitrogen functional groups attached to an aromatic ring is 1. The third-order valence-electron chi connectivity index (χ3n) is 4.17. The Balaban J connectivity index is 1.89. The Kier molecular flexibility index (Phi) is 4.12. The number of carboxylic acids is 1. The van der Waals surface area contributed by atoms with Gasteiger partial charge in [-0.15, -0.1) is 0 Å². The van der Waals surface area contributed by atoms with Crippen LogP contribution < -0.4 is 15.8 Å². The molecule has 6 heteroatoms. The molecule has 0 aliphatic carbocycles. The lowest BCUT2D eigenvalue weighted by atomic mass is 9.89. The highest BCUT2D eigenvalue weighted by Gasteiger charge is 2.34. The number of carboxylic acid groups (broad SMARTS) is 1. The minimum absolute atomic E-state index is 0.0737. The number of anilines is 1. The SMILES string of the molecule is CC1(C)CC(NC(=O)c2cccc(C(=O)O)c2)c2cc(N)ccc2O1. The van der Waals surface area contributed by atoms with Gasteiger partial charge in [-0.3, -0.25) is 4.79 Å². The van der Waals surface area contributed by atoms with Crippen molar-refractivity contribution in [2.45, 2.75) is 31.9 Å². The molecule has 0 bridgehead atoms. The summed E-state index contributed by atoms with van der Waals surface area (Å²) in [6.45, 7) is 3.91. The first-order valence-electron chi connectivity index (χ1n) is 7.98. The van der Waals surface area contributed by atoms with Crippen molar-refractivity contribution in [2.75, 3.05) is 5.73 Å². The first-order valence-corrected chi connectivity index (χ1v) is 7.98. The number of nitrogens with two attached hydrogens (primary N) is 1. The molecule has 3 rings (SSSR count). The molecule has 1 amide bonds. The number of carbonyl (C=O) groups is 2. The van der Waals surface area contributed by atoms with Gasteiger partial charge in [0.1, 0.15) is 11.4 Å². The summed E-state index contributed by atoms with van der Waals surface area (Å²) < 4.78 is 5.96. The van der Waals surface area contributed by atoms with Crippen molar-refractivity contribution in [3.63, 3.8) is 0 Å². The predicted molar refractivity (Wildman–Crippen MR) is 93.8 cm³/mol. The van der Waals surface area contributed by atoms with Crippen molar-refractivity contribution in [1.29, 1.82) is 0 Å². The molecule has 0 aromatic heterocycles. The van der Waals surface area contributed by atoms with Crippen LogP contribution in [0.15, 0.2) is 42.5 Å². The van der Waals surface area contributed by atoms with E-state index in [2.05, 4.69) is 5.32 Å². The standard InChI is InChI=1S/C19H20N2O4/c1-19(2)10-15(14-9-13(20)6-7-16(14)25-19)21-17(22)11-4-3-5-12(8-11)18(23)24/h3-9,15H,10,20H2,1-2H3,(H,21,22)(H,23,24). The zero-order chi connectivity index (χ0) is 18.2. The number of carbonyl (C=O) groups excluding carboxylic acids is 1. The van der Waals surface area contributed by atoms with Gasteiger partial charge in [-0.2, -0.15) is 0 Å². The Morgan fingerprint density at radius 3 is 2.64 bits per heavy atom. The maximum absolute atomic E-state index is 12.6. The van der Waals surface area contributed by atoms with E-state index in [1.165, 1.54) is 12.1 Å². The third-order valence-corrected chi connectivity index (χ3v) is 4.17. The van der Waals surface area contributed by atoms with Gasteiger partial charge in [-0.05, 0) is 50.2 Å². The second-order valence-corrected chi connectivity index (χ2v) is 6.78. The van der Waals surface area contributed by atoms with Gasteiger partial charge in [0, 0.05) is 23.2 Å². The Morgan fingerprint density at radius 2 is 1.92 bits per heavy atom. The second-order valence-electron chi connectivity index (χ2n) is 6.78. The van der Waals surface area contributed by atoms with Crippen LogP contribution in [0, 0.1) is 0 Å². The topological polar surface area (TPSA) is 102 Å². The zero-order valence-corrected chi connectivity index (χ0v) is 14.1. The van der Waals surface area contributed by atoms with Crippen LogP contribution >= 0.6 is 0 Å². The molecule has 1 aliphatic heterocycles. The fourth-order valence-electron chi connectivity index (χ4n) is 3.04. The normalized spacial score (nSPS) is 17.9. The van der Waals surface area contributed by atoms with Crippen molar-refractivity contribution in [3.05, 3.63) is 59.2 Å². The van der Waals surface area contributed by atoms with Crippen LogP contribution in [0.1, 0.15) is 52.6 Å². The van der Waals surface area contributed by atoms with Crippen LogP contribution in [0.5, 0.6) is 5.75 Å². The Bertz CT molecular complexity index is 845. The lowest BCUT2D eigenvalue weighted by molar-refractivity contribution is 0.0619. The molecule has 0 fully saturated rings.